The van der Waals surface area contributed by atoms with Crippen molar-refractivity contribution in [1.29, 1.82) is 0 Å². The van der Waals surface area contributed by atoms with Gasteiger partial charge in [0, 0.05) is 4.57 Å². The van der Waals surface area contributed by atoms with E-state index in [1.54, 1.807) is 12.1 Å². The molecule has 1 aromatic rings. The molecule has 0 radical (unpaired) electrons. The van der Waals surface area contributed by atoms with Gasteiger partial charge in [-0.2, -0.15) is 0 Å². The number of hydrogen-bond acceptors (Lipinski definition) is 2. The van der Waals surface area contributed by atoms with E-state index >= 15 is 0 Å². The molecular formula is C11H15FO3P+. The molecule has 1 rings (SSSR count). The van der Waals surface area contributed by atoms with Crippen molar-refractivity contribution < 1.29 is 18.4 Å². The normalized spacial score (nSPS) is 12.6. The summed E-state index contributed by atoms with van der Waals surface area (Å²) in [5.74, 6) is -0.335. The molecule has 1 aromatic carbocycles. The second-order valence-corrected chi connectivity index (χ2v) is 4.20. The van der Waals surface area contributed by atoms with Gasteiger partial charge in [0.2, 0.25) is 0 Å². The van der Waals surface area contributed by atoms with E-state index in [1.165, 1.54) is 12.1 Å². The highest BCUT2D eigenvalue weighted by Crippen LogP contribution is 2.40. The van der Waals surface area contributed by atoms with E-state index in [9.17, 15) is 8.96 Å². The number of rotatable bonds is 5. The molecule has 0 amide bonds. The van der Waals surface area contributed by atoms with Gasteiger partial charge in [-0.1, -0.05) is 26.0 Å². The van der Waals surface area contributed by atoms with Gasteiger partial charge in [-0.3, -0.25) is 0 Å². The van der Waals surface area contributed by atoms with Gasteiger partial charge < -0.3 is 0 Å². The lowest BCUT2D eigenvalue weighted by Gasteiger charge is -2.25. The van der Waals surface area contributed by atoms with E-state index in [2.05, 4.69) is 0 Å². The molecule has 0 aromatic heterocycles. The zero-order valence-corrected chi connectivity index (χ0v) is 10.2. The molecule has 1 atom stereocenters. The van der Waals surface area contributed by atoms with Crippen LogP contribution in [0.25, 0.3) is 0 Å². The van der Waals surface area contributed by atoms with Gasteiger partial charge in [-0.05, 0) is 30.5 Å². The quantitative estimate of drug-likeness (QED) is 0.807. The highest BCUT2D eigenvalue weighted by atomic mass is 31.1. The van der Waals surface area contributed by atoms with E-state index in [0.29, 0.717) is 12.8 Å². The maximum Gasteiger partial charge on any atom is 0.695 e. The Bertz CT molecular complexity index is 360. The van der Waals surface area contributed by atoms with Crippen LogP contribution in [0.1, 0.15) is 32.3 Å². The van der Waals surface area contributed by atoms with Crippen LogP contribution in [-0.2, 0) is 14.7 Å². The second kappa shape index (κ2) is 5.48. The summed E-state index contributed by atoms with van der Waals surface area (Å²) in [5.41, 5.74) is -0.0908. The highest BCUT2D eigenvalue weighted by Gasteiger charge is 2.39. The molecule has 0 bridgehead atoms. The fraction of sp³-hybridized carbons (Fsp3) is 0.455. The molecule has 1 N–H and O–H groups in total. The summed E-state index contributed by atoms with van der Waals surface area (Å²) in [4.78, 5) is 8.88. The van der Waals surface area contributed by atoms with E-state index in [0.717, 1.165) is 5.56 Å². The molecule has 5 heteroatoms. The summed E-state index contributed by atoms with van der Waals surface area (Å²) in [6.07, 6.45) is 1.10. The highest BCUT2D eigenvalue weighted by molar-refractivity contribution is 7.32. The first kappa shape index (κ1) is 13.2. The summed E-state index contributed by atoms with van der Waals surface area (Å²) >= 11 is 0. The molecule has 0 aliphatic heterocycles. The number of hydrogen-bond donors (Lipinski definition) is 1. The van der Waals surface area contributed by atoms with Crippen molar-refractivity contribution in [3.8, 4) is 0 Å². The topological polar surface area (TPSA) is 46.5 Å². The van der Waals surface area contributed by atoms with Gasteiger partial charge in [0.15, 0.2) is 5.60 Å². The predicted molar refractivity (Wildman–Crippen MR) is 59.6 cm³/mol. The monoisotopic (exact) mass is 245 g/mol. The summed E-state index contributed by atoms with van der Waals surface area (Å²) < 4.78 is 28.7. The molecule has 0 aliphatic carbocycles. The van der Waals surface area contributed by atoms with E-state index < -0.39 is 13.9 Å². The van der Waals surface area contributed by atoms with Gasteiger partial charge in [-0.25, -0.2) is 4.39 Å². The predicted octanol–water partition coefficient (Wildman–Crippen LogP) is 3.51. The molecular weight excluding hydrogens is 230 g/mol. The third-order valence-electron chi connectivity index (χ3n) is 2.77. The van der Waals surface area contributed by atoms with Gasteiger partial charge >= 0.3 is 8.25 Å². The lowest BCUT2D eigenvalue weighted by molar-refractivity contribution is 0.0535. The maximum absolute atomic E-state index is 12.8. The van der Waals surface area contributed by atoms with Crippen LogP contribution in [0.4, 0.5) is 4.39 Å². The lowest BCUT2D eigenvalue weighted by Crippen LogP contribution is -2.25. The minimum atomic E-state index is -2.68. The van der Waals surface area contributed by atoms with Crippen LogP contribution in [0, 0.1) is 5.82 Å². The summed E-state index contributed by atoms with van der Waals surface area (Å²) in [6.45, 7) is 3.73. The fourth-order valence-electron chi connectivity index (χ4n) is 1.74. The average molecular weight is 245 g/mol. The second-order valence-electron chi connectivity index (χ2n) is 3.54. The van der Waals surface area contributed by atoms with E-state index in [-0.39, 0.29) is 5.82 Å². The van der Waals surface area contributed by atoms with Crippen LogP contribution in [0.15, 0.2) is 24.3 Å². The Labute approximate surface area is 95.2 Å². The third-order valence-corrected chi connectivity index (χ3v) is 3.27. The number of halogens is 1. The van der Waals surface area contributed by atoms with Crippen molar-refractivity contribution in [3.63, 3.8) is 0 Å². The average Bonchev–Trinajstić information content (AvgIpc) is 2.27. The first-order chi connectivity index (χ1) is 7.54. The first-order valence-electron chi connectivity index (χ1n) is 5.15. The molecule has 88 valence electrons. The summed E-state index contributed by atoms with van der Waals surface area (Å²) in [5, 5.41) is 0. The van der Waals surface area contributed by atoms with Crippen molar-refractivity contribution in [2.45, 2.75) is 32.3 Å². The molecule has 0 heterocycles. The number of benzene rings is 1. The lowest BCUT2D eigenvalue weighted by atomic mass is 9.89. The molecule has 0 fully saturated rings. The maximum atomic E-state index is 12.8. The van der Waals surface area contributed by atoms with Crippen LogP contribution in [0.2, 0.25) is 0 Å². The van der Waals surface area contributed by atoms with Gasteiger partial charge in [0.25, 0.3) is 0 Å². The Hall–Kier alpha value is -0.830. The minimum absolute atomic E-state index is 0.335. The zero-order valence-electron chi connectivity index (χ0n) is 9.31. The summed E-state index contributed by atoms with van der Waals surface area (Å²) in [7, 11) is -2.68. The van der Waals surface area contributed by atoms with Crippen LogP contribution < -0.4 is 0 Å². The molecule has 3 nitrogen and oxygen atoms in total. The standard InChI is InChI=1S/C11H14FO3P/c1-3-11(4-2,15-16(13)14)9-5-7-10(12)8-6-9/h5-8H,3-4H2,1-2H3/p+1. The van der Waals surface area contributed by atoms with Gasteiger partial charge in [-0.15, -0.1) is 9.42 Å². The zero-order chi connectivity index (χ0) is 12.2. The van der Waals surface area contributed by atoms with Gasteiger partial charge in [0.05, 0.1) is 0 Å². The van der Waals surface area contributed by atoms with Crippen molar-refractivity contribution >= 4 is 8.25 Å². The fourth-order valence-corrected chi connectivity index (χ4v) is 2.41. The van der Waals surface area contributed by atoms with E-state index in [4.69, 9.17) is 9.42 Å². The van der Waals surface area contributed by atoms with Gasteiger partial charge in [0.1, 0.15) is 5.82 Å². The van der Waals surface area contributed by atoms with Crippen LogP contribution in [-0.4, -0.2) is 4.89 Å². The summed E-state index contributed by atoms with van der Waals surface area (Å²) in [6, 6.07) is 5.81. The van der Waals surface area contributed by atoms with Crippen LogP contribution in [0.5, 0.6) is 0 Å². The Morgan fingerprint density at radius 2 is 1.81 bits per heavy atom. The Morgan fingerprint density at radius 1 is 1.31 bits per heavy atom. The third kappa shape index (κ3) is 2.85. The van der Waals surface area contributed by atoms with Crippen LogP contribution >= 0.6 is 8.25 Å². The SMILES string of the molecule is CCC(CC)(O[P+](=O)O)c1ccc(F)cc1. The Balaban J connectivity index is 3.09. The first-order valence-corrected chi connectivity index (χ1v) is 6.28. The van der Waals surface area contributed by atoms with E-state index in [1.807, 2.05) is 13.8 Å². The van der Waals surface area contributed by atoms with Crippen molar-refractivity contribution in [1.82, 2.24) is 0 Å². The smallest absolute Gasteiger partial charge is 0.207 e. The molecule has 0 saturated heterocycles. The Kier molecular flexibility index (Phi) is 4.54. The van der Waals surface area contributed by atoms with Crippen LogP contribution in [0.3, 0.4) is 0 Å². The molecule has 0 spiro atoms. The van der Waals surface area contributed by atoms with Crippen molar-refractivity contribution in [2.24, 2.45) is 0 Å². The minimum Gasteiger partial charge on any atom is -0.207 e. The Morgan fingerprint density at radius 3 is 2.19 bits per heavy atom. The molecule has 1 unspecified atom stereocenters. The largest absolute Gasteiger partial charge is 0.695 e. The molecule has 16 heavy (non-hydrogen) atoms. The van der Waals surface area contributed by atoms with Crippen molar-refractivity contribution in [2.75, 3.05) is 0 Å². The molecule has 0 aliphatic rings. The molecule has 0 saturated carbocycles. The van der Waals surface area contributed by atoms with Crippen molar-refractivity contribution in [3.05, 3.63) is 35.6 Å².